The molecule has 10 heteroatoms. The zero-order valence-electron chi connectivity index (χ0n) is 14.2. The van der Waals surface area contributed by atoms with Crippen LogP contribution in [0.4, 0.5) is 5.69 Å². The van der Waals surface area contributed by atoms with E-state index in [1.807, 2.05) is 35.0 Å². The molecule has 0 spiro atoms. The Morgan fingerprint density at radius 3 is 2.57 bits per heavy atom. The van der Waals surface area contributed by atoms with Gasteiger partial charge in [-0.2, -0.15) is 0 Å². The van der Waals surface area contributed by atoms with Crippen LogP contribution < -0.4 is 0 Å². The van der Waals surface area contributed by atoms with Crippen molar-refractivity contribution in [3.05, 3.63) is 82.0 Å². The normalized spacial score (nSPS) is 10.9. The third-order valence-corrected chi connectivity index (χ3v) is 5.03. The van der Waals surface area contributed by atoms with E-state index in [0.29, 0.717) is 28.1 Å². The van der Waals surface area contributed by atoms with E-state index < -0.39 is 4.92 Å². The van der Waals surface area contributed by atoms with Crippen molar-refractivity contribution < 1.29 is 9.34 Å². The smallest absolute Gasteiger partial charge is 0.269 e. The fourth-order valence-electron chi connectivity index (χ4n) is 2.48. The van der Waals surface area contributed by atoms with E-state index in [9.17, 15) is 10.1 Å². The molecule has 0 N–H and O–H groups in total. The number of rotatable bonds is 6. The van der Waals surface area contributed by atoms with E-state index in [2.05, 4.69) is 15.2 Å². The predicted octanol–water partition coefficient (Wildman–Crippen LogP) is 4.78. The third kappa shape index (κ3) is 3.90. The van der Waals surface area contributed by atoms with Gasteiger partial charge in [0, 0.05) is 40.8 Å². The van der Waals surface area contributed by atoms with Gasteiger partial charge in [-0.1, -0.05) is 23.4 Å². The quantitative estimate of drug-likeness (QED) is 0.255. The Balaban J connectivity index is 1.46. The summed E-state index contributed by atoms with van der Waals surface area (Å²) < 4.78 is 7.60. The number of benzene rings is 2. The Kier molecular flexibility index (Phi) is 5.09. The minimum absolute atomic E-state index is 0.00748. The van der Waals surface area contributed by atoms with Gasteiger partial charge in [0.05, 0.1) is 10.7 Å². The number of imidazole rings is 1. The van der Waals surface area contributed by atoms with Crippen LogP contribution in [0.2, 0.25) is 5.02 Å². The van der Waals surface area contributed by atoms with E-state index in [1.54, 1.807) is 18.3 Å². The van der Waals surface area contributed by atoms with Gasteiger partial charge in [-0.25, -0.2) is 4.98 Å². The van der Waals surface area contributed by atoms with Gasteiger partial charge in [0.2, 0.25) is 11.8 Å². The number of aromatic nitrogens is 4. The van der Waals surface area contributed by atoms with E-state index in [4.69, 9.17) is 16.0 Å². The molecule has 140 valence electrons. The second-order valence-corrected chi connectivity index (χ2v) is 7.03. The summed E-state index contributed by atoms with van der Waals surface area (Å²) in [6.07, 6.45) is 3.58. The molecular weight excluding hydrogens is 402 g/mol. The Bertz CT molecular complexity index is 1110. The molecule has 0 radical (unpaired) electrons. The first kappa shape index (κ1) is 18.2. The summed E-state index contributed by atoms with van der Waals surface area (Å²) in [7, 11) is 0. The van der Waals surface area contributed by atoms with Gasteiger partial charge >= 0.3 is 0 Å². The molecule has 2 aromatic heterocycles. The second kappa shape index (κ2) is 7.83. The number of nitro groups is 1. The molecule has 0 saturated carbocycles. The number of nitrogens with zero attached hydrogens (tertiary/aromatic N) is 5. The molecule has 0 bridgehead atoms. The fourth-order valence-corrected chi connectivity index (χ4v) is 3.41. The Morgan fingerprint density at radius 1 is 1.11 bits per heavy atom. The first-order chi connectivity index (χ1) is 13.6. The van der Waals surface area contributed by atoms with Gasteiger partial charge in [0.15, 0.2) is 5.16 Å². The highest BCUT2D eigenvalue weighted by Gasteiger charge is 2.13. The molecule has 0 amide bonds. The number of non-ortho nitro benzene ring substituents is 1. The number of hydrogen-bond acceptors (Lipinski definition) is 7. The average Bonchev–Trinajstić information content (AvgIpc) is 3.36. The lowest BCUT2D eigenvalue weighted by molar-refractivity contribution is -0.384. The first-order valence-corrected chi connectivity index (χ1v) is 9.46. The highest BCUT2D eigenvalue weighted by molar-refractivity contribution is 7.98. The molecular formula is C18H12ClN5O3S. The number of hydrogen-bond donors (Lipinski definition) is 0. The molecule has 0 aliphatic heterocycles. The van der Waals surface area contributed by atoms with Crippen molar-refractivity contribution in [2.75, 3.05) is 0 Å². The second-order valence-electron chi connectivity index (χ2n) is 5.65. The van der Waals surface area contributed by atoms with Gasteiger partial charge in [0.25, 0.3) is 5.69 Å². The van der Waals surface area contributed by atoms with Crippen LogP contribution in [0.25, 0.3) is 17.1 Å². The summed E-state index contributed by atoms with van der Waals surface area (Å²) in [6.45, 7) is 0. The summed E-state index contributed by atoms with van der Waals surface area (Å²) in [5.41, 5.74) is 1.58. The van der Waals surface area contributed by atoms with Crippen LogP contribution in [0.5, 0.6) is 0 Å². The minimum Gasteiger partial charge on any atom is -0.420 e. The zero-order chi connectivity index (χ0) is 19.5. The van der Waals surface area contributed by atoms with Crippen LogP contribution >= 0.6 is 23.4 Å². The number of halogens is 1. The van der Waals surface area contributed by atoms with Crippen molar-refractivity contribution in [3.63, 3.8) is 0 Å². The summed E-state index contributed by atoms with van der Waals surface area (Å²) in [4.78, 5) is 14.6. The Hall–Kier alpha value is -3.17. The SMILES string of the molecule is O=[N+]([O-])c1ccc(-c2nnc(CSc3nccn3-c3ccc(Cl)cc3)o2)cc1. The van der Waals surface area contributed by atoms with Crippen molar-refractivity contribution in [1.82, 2.24) is 19.7 Å². The number of nitro benzene ring substituents is 1. The molecule has 2 aromatic carbocycles. The fraction of sp³-hybridized carbons (Fsp3) is 0.0556. The lowest BCUT2D eigenvalue weighted by Gasteiger charge is -2.06. The standard InChI is InChI=1S/C18H12ClN5O3S/c19-13-3-7-14(8-4-13)23-10-9-20-18(23)28-11-16-21-22-17(27-16)12-1-5-15(6-2-12)24(25)26/h1-10H,11H2. The lowest BCUT2D eigenvalue weighted by atomic mass is 10.2. The number of thioether (sulfide) groups is 1. The topological polar surface area (TPSA) is 99.9 Å². The molecule has 2 heterocycles. The van der Waals surface area contributed by atoms with Gasteiger partial charge in [-0.3, -0.25) is 14.7 Å². The van der Waals surface area contributed by atoms with Crippen molar-refractivity contribution in [2.45, 2.75) is 10.9 Å². The summed E-state index contributed by atoms with van der Waals surface area (Å²) >= 11 is 7.39. The molecule has 4 aromatic rings. The van der Waals surface area contributed by atoms with E-state index in [1.165, 1.54) is 23.9 Å². The van der Waals surface area contributed by atoms with E-state index in [-0.39, 0.29) is 5.69 Å². The van der Waals surface area contributed by atoms with Crippen molar-refractivity contribution in [2.24, 2.45) is 0 Å². The monoisotopic (exact) mass is 413 g/mol. The van der Waals surface area contributed by atoms with Crippen LogP contribution in [-0.4, -0.2) is 24.7 Å². The lowest BCUT2D eigenvalue weighted by Crippen LogP contribution is -1.95. The van der Waals surface area contributed by atoms with Crippen LogP contribution in [0, 0.1) is 10.1 Å². The van der Waals surface area contributed by atoms with Crippen molar-refractivity contribution in [1.29, 1.82) is 0 Å². The van der Waals surface area contributed by atoms with Crippen LogP contribution in [0.3, 0.4) is 0 Å². The maximum Gasteiger partial charge on any atom is 0.269 e. The van der Waals surface area contributed by atoms with E-state index in [0.717, 1.165) is 10.8 Å². The highest BCUT2D eigenvalue weighted by Crippen LogP contribution is 2.26. The molecule has 0 unspecified atom stereocenters. The summed E-state index contributed by atoms with van der Waals surface area (Å²) in [5.74, 6) is 1.18. The van der Waals surface area contributed by atoms with Gasteiger partial charge in [-0.05, 0) is 36.4 Å². The Morgan fingerprint density at radius 2 is 1.86 bits per heavy atom. The summed E-state index contributed by atoms with van der Waals surface area (Å²) in [5, 5.41) is 20.2. The average molecular weight is 414 g/mol. The van der Waals surface area contributed by atoms with Crippen molar-refractivity contribution >= 4 is 29.1 Å². The first-order valence-electron chi connectivity index (χ1n) is 8.09. The third-order valence-electron chi connectivity index (χ3n) is 3.83. The molecule has 0 atom stereocenters. The van der Waals surface area contributed by atoms with Crippen LogP contribution in [0.1, 0.15) is 5.89 Å². The highest BCUT2D eigenvalue weighted by atomic mass is 35.5. The maximum atomic E-state index is 10.7. The minimum atomic E-state index is -0.456. The predicted molar refractivity (Wildman–Crippen MR) is 105 cm³/mol. The molecule has 8 nitrogen and oxygen atoms in total. The summed E-state index contributed by atoms with van der Waals surface area (Å²) in [6, 6.07) is 13.4. The maximum absolute atomic E-state index is 10.7. The molecule has 28 heavy (non-hydrogen) atoms. The molecule has 0 fully saturated rings. The van der Waals surface area contributed by atoms with Crippen molar-refractivity contribution in [3.8, 4) is 17.1 Å². The molecule has 0 aliphatic rings. The largest absolute Gasteiger partial charge is 0.420 e. The van der Waals surface area contributed by atoms with Gasteiger partial charge in [-0.15, -0.1) is 10.2 Å². The van der Waals surface area contributed by atoms with Gasteiger partial charge < -0.3 is 4.42 Å². The van der Waals surface area contributed by atoms with Gasteiger partial charge in [0.1, 0.15) is 0 Å². The Labute approximate surface area is 168 Å². The zero-order valence-corrected chi connectivity index (χ0v) is 15.8. The van der Waals surface area contributed by atoms with Crippen LogP contribution in [0.15, 0.2) is 70.5 Å². The van der Waals surface area contributed by atoms with E-state index >= 15 is 0 Å². The molecule has 0 aliphatic carbocycles. The molecule has 0 saturated heterocycles. The van der Waals surface area contributed by atoms with Crippen LogP contribution in [-0.2, 0) is 5.75 Å². The molecule has 4 rings (SSSR count).